The normalized spacial score (nSPS) is 33.1. The standard InChI is InChI=1S/C14H19NO5/c1-6-9(12(18)19)15-10(14(6,5)7(2)16)8(11(15)17)13(3,4)20/h8,10,20H,1-5H3,(H,18,19)/t8?,10-,14?/m0/s1. The van der Waals surface area contributed by atoms with Gasteiger partial charge in [0.15, 0.2) is 0 Å². The van der Waals surface area contributed by atoms with Crippen LogP contribution in [-0.2, 0) is 14.4 Å². The predicted molar refractivity (Wildman–Crippen MR) is 69.5 cm³/mol. The molecule has 20 heavy (non-hydrogen) atoms. The molecule has 2 aliphatic heterocycles. The van der Waals surface area contributed by atoms with Crippen molar-refractivity contribution in [2.45, 2.75) is 46.3 Å². The van der Waals surface area contributed by atoms with Gasteiger partial charge in [-0.1, -0.05) is 0 Å². The van der Waals surface area contributed by atoms with E-state index in [1.807, 2.05) is 0 Å². The van der Waals surface area contributed by atoms with Crippen molar-refractivity contribution >= 4 is 17.7 Å². The van der Waals surface area contributed by atoms with E-state index in [2.05, 4.69) is 0 Å². The van der Waals surface area contributed by atoms with Crippen LogP contribution in [0.15, 0.2) is 11.3 Å². The number of carbonyl (C=O) groups is 3. The average Bonchev–Trinajstić information content (AvgIpc) is 2.46. The Morgan fingerprint density at radius 3 is 2.20 bits per heavy atom. The predicted octanol–water partition coefficient (Wildman–Crippen LogP) is 0.552. The van der Waals surface area contributed by atoms with Crippen LogP contribution in [0.1, 0.15) is 34.6 Å². The van der Waals surface area contributed by atoms with Crippen molar-refractivity contribution in [2.24, 2.45) is 11.3 Å². The van der Waals surface area contributed by atoms with Gasteiger partial charge in [-0.15, -0.1) is 0 Å². The highest BCUT2D eigenvalue weighted by atomic mass is 16.4. The minimum atomic E-state index is -1.30. The third kappa shape index (κ3) is 1.51. The fourth-order valence-corrected chi connectivity index (χ4v) is 3.40. The zero-order valence-corrected chi connectivity index (χ0v) is 12.2. The molecule has 0 aromatic rings. The number of hydrogen-bond acceptors (Lipinski definition) is 4. The van der Waals surface area contributed by atoms with E-state index < -0.39 is 34.9 Å². The van der Waals surface area contributed by atoms with Crippen molar-refractivity contribution in [3.05, 3.63) is 11.3 Å². The number of rotatable bonds is 3. The Hall–Kier alpha value is -1.69. The Balaban J connectivity index is 2.61. The maximum absolute atomic E-state index is 12.2. The molecule has 6 heteroatoms. The largest absolute Gasteiger partial charge is 0.477 e. The van der Waals surface area contributed by atoms with E-state index in [4.69, 9.17) is 0 Å². The number of carboxylic acid groups (broad SMARTS) is 1. The fourth-order valence-electron chi connectivity index (χ4n) is 3.40. The van der Waals surface area contributed by atoms with Crippen LogP contribution < -0.4 is 0 Å². The van der Waals surface area contributed by atoms with Crippen molar-refractivity contribution in [1.82, 2.24) is 4.90 Å². The number of Topliss-reactive ketones (excluding diaryl/α,β-unsaturated/α-hetero) is 1. The molecule has 2 N–H and O–H groups in total. The summed E-state index contributed by atoms with van der Waals surface area (Å²) in [6.07, 6.45) is 0. The minimum Gasteiger partial charge on any atom is -0.477 e. The zero-order chi connectivity index (χ0) is 15.6. The lowest BCUT2D eigenvalue weighted by Gasteiger charge is -2.52. The smallest absolute Gasteiger partial charge is 0.352 e. The Labute approximate surface area is 117 Å². The van der Waals surface area contributed by atoms with Gasteiger partial charge in [0.1, 0.15) is 11.5 Å². The molecule has 0 saturated carbocycles. The van der Waals surface area contributed by atoms with Crippen molar-refractivity contribution in [3.8, 4) is 0 Å². The molecule has 2 aliphatic rings. The molecule has 2 heterocycles. The second-order valence-corrected chi connectivity index (χ2v) is 6.32. The Bertz CT molecular complexity index is 556. The number of fused-ring (bicyclic) bond motifs is 1. The molecule has 1 fully saturated rings. The SMILES string of the molecule is CC(=O)C1(C)C(C)=C(C(=O)O)N2C(=O)C(C(C)(C)O)[C@H]21. The molecule has 0 aromatic carbocycles. The highest BCUT2D eigenvalue weighted by molar-refractivity contribution is 6.04. The molecular weight excluding hydrogens is 262 g/mol. The number of β-lactam (4-membered cyclic amide) rings is 1. The molecule has 0 spiro atoms. The molecule has 0 aromatic heterocycles. The molecule has 3 atom stereocenters. The summed E-state index contributed by atoms with van der Waals surface area (Å²) in [7, 11) is 0. The molecule has 1 saturated heterocycles. The van der Waals surface area contributed by atoms with Crippen LogP contribution in [0.25, 0.3) is 0 Å². The summed E-state index contributed by atoms with van der Waals surface area (Å²) in [5.74, 6) is -2.64. The molecule has 1 amide bonds. The second kappa shape index (κ2) is 3.91. The summed E-state index contributed by atoms with van der Waals surface area (Å²) in [5.41, 5.74) is -2.11. The van der Waals surface area contributed by atoms with E-state index in [9.17, 15) is 24.6 Å². The van der Waals surface area contributed by atoms with Crippen LogP contribution in [0, 0.1) is 11.3 Å². The van der Waals surface area contributed by atoms with Crippen molar-refractivity contribution in [1.29, 1.82) is 0 Å². The number of ketones is 1. The second-order valence-electron chi connectivity index (χ2n) is 6.32. The van der Waals surface area contributed by atoms with Crippen LogP contribution >= 0.6 is 0 Å². The van der Waals surface area contributed by atoms with Gasteiger partial charge in [0.25, 0.3) is 0 Å². The fraction of sp³-hybridized carbons (Fsp3) is 0.643. The summed E-state index contributed by atoms with van der Waals surface area (Å²) >= 11 is 0. The summed E-state index contributed by atoms with van der Waals surface area (Å²) in [4.78, 5) is 36.8. The van der Waals surface area contributed by atoms with Gasteiger partial charge in [0, 0.05) is 0 Å². The van der Waals surface area contributed by atoms with Crippen molar-refractivity contribution in [2.75, 3.05) is 0 Å². The number of aliphatic carboxylic acids is 1. The number of amides is 1. The first-order chi connectivity index (χ1) is 8.95. The Morgan fingerprint density at radius 2 is 1.85 bits per heavy atom. The third-order valence-corrected chi connectivity index (χ3v) is 4.76. The topological polar surface area (TPSA) is 94.9 Å². The molecule has 2 unspecified atom stereocenters. The van der Waals surface area contributed by atoms with Gasteiger partial charge in [-0.2, -0.15) is 0 Å². The Morgan fingerprint density at radius 1 is 1.35 bits per heavy atom. The number of carboxylic acids is 1. The lowest BCUT2D eigenvalue weighted by molar-refractivity contribution is -0.177. The highest BCUT2D eigenvalue weighted by Crippen LogP contribution is 2.55. The van der Waals surface area contributed by atoms with Crippen molar-refractivity contribution in [3.63, 3.8) is 0 Å². The summed E-state index contributed by atoms with van der Waals surface area (Å²) in [6.45, 7) is 7.60. The number of aliphatic hydroxyl groups is 1. The number of hydrogen-bond donors (Lipinski definition) is 2. The lowest BCUT2D eigenvalue weighted by Crippen LogP contribution is -2.69. The summed E-state index contributed by atoms with van der Waals surface area (Å²) in [5, 5.41) is 19.5. The molecular formula is C14H19NO5. The van der Waals surface area contributed by atoms with E-state index >= 15 is 0 Å². The minimum absolute atomic E-state index is 0.127. The van der Waals surface area contributed by atoms with E-state index in [0.29, 0.717) is 5.57 Å². The van der Waals surface area contributed by atoms with Gasteiger partial charge >= 0.3 is 5.97 Å². The van der Waals surface area contributed by atoms with Gasteiger partial charge in [-0.25, -0.2) is 4.79 Å². The first-order valence-electron chi connectivity index (χ1n) is 6.46. The van der Waals surface area contributed by atoms with Gasteiger partial charge < -0.3 is 15.1 Å². The van der Waals surface area contributed by atoms with Crippen LogP contribution in [0.2, 0.25) is 0 Å². The molecule has 0 radical (unpaired) electrons. The summed E-state index contributed by atoms with van der Waals surface area (Å²) in [6, 6.07) is -0.626. The maximum atomic E-state index is 12.2. The van der Waals surface area contributed by atoms with E-state index in [1.165, 1.54) is 20.8 Å². The van der Waals surface area contributed by atoms with E-state index in [1.54, 1.807) is 13.8 Å². The van der Waals surface area contributed by atoms with Crippen molar-refractivity contribution < 1.29 is 24.6 Å². The van der Waals surface area contributed by atoms with E-state index in [0.717, 1.165) is 4.90 Å². The van der Waals surface area contributed by atoms with Gasteiger partial charge in [-0.3, -0.25) is 9.59 Å². The average molecular weight is 281 g/mol. The maximum Gasteiger partial charge on any atom is 0.352 e. The summed E-state index contributed by atoms with van der Waals surface area (Å²) < 4.78 is 0. The first kappa shape index (κ1) is 14.7. The third-order valence-electron chi connectivity index (χ3n) is 4.76. The van der Waals surface area contributed by atoms with Crippen LogP contribution in [-0.4, -0.2) is 44.4 Å². The monoisotopic (exact) mass is 281 g/mol. The Kier molecular flexibility index (Phi) is 2.88. The van der Waals surface area contributed by atoms with Crippen LogP contribution in [0.3, 0.4) is 0 Å². The van der Waals surface area contributed by atoms with Gasteiger partial charge in [-0.05, 0) is 40.2 Å². The molecule has 6 nitrogen and oxygen atoms in total. The van der Waals surface area contributed by atoms with Crippen LogP contribution in [0.5, 0.6) is 0 Å². The number of nitrogens with zero attached hydrogens (tertiary/aromatic N) is 1. The molecule has 2 rings (SSSR count). The number of carbonyl (C=O) groups excluding carboxylic acids is 2. The van der Waals surface area contributed by atoms with E-state index in [-0.39, 0.29) is 11.5 Å². The molecule has 0 bridgehead atoms. The first-order valence-corrected chi connectivity index (χ1v) is 6.46. The quantitative estimate of drug-likeness (QED) is 0.737. The zero-order valence-electron chi connectivity index (χ0n) is 12.2. The molecule has 0 aliphatic carbocycles. The molecule has 110 valence electrons. The van der Waals surface area contributed by atoms with Crippen LogP contribution in [0.4, 0.5) is 0 Å². The van der Waals surface area contributed by atoms with Gasteiger partial charge in [0.2, 0.25) is 5.91 Å². The van der Waals surface area contributed by atoms with Gasteiger partial charge in [0.05, 0.1) is 23.0 Å². The highest BCUT2D eigenvalue weighted by Gasteiger charge is 2.68. The lowest BCUT2D eigenvalue weighted by atomic mass is 9.63.